The zero-order valence-electron chi connectivity index (χ0n) is 24.5. The second kappa shape index (κ2) is 11.8. The van der Waals surface area contributed by atoms with E-state index in [-0.39, 0.29) is 23.4 Å². The third-order valence-electron chi connectivity index (χ3n) is 7.94. The topological polar surface area (TPSA) is 173 Å². The summed E-state index contributed by atoms with van der Waals surface area (Å²) in [5.41, 5.74) is 4.10. The van der Waals surface area contributed by atoms with Gasteiger partial charge in [-0.2, -0.15) is 0 Å². The predicted molar refractivity (Wildman–Crippen MR) is 170 cm³/mol. The number of hydrogen-bond donors (Lipinski definition) is 4. The fourth-order valence-electron chi connectivity index (χ4n) is 5.72. The van der Waals surface area contributed by atoms with Crippen LogP contribution in [0.4, 0.5) is 5.69 Å². The first kappa shape index (κ1) is 28.6. The maximum absolute atomic E-state index is 12.7. The molecule has 13 heteroatoms. The molecule has 5 aromatic heterocycles. The van der Waals surface area contributed by atoms with Crippen LogP contribution >= 0.6 is 0 Å². The number of carbonyl (C=O) groups excluding carboxylic acids is 3. The van der Waals surface area contributed by atoms with Crippen molar-refractivity contribution in [1.82, 2.24) is 34.7 Å². The molecule has 3 amide bonds. The van der Waals surface area contributed by atoms with Gasteiger partial charge in [-0.05, 0) is 61.4 Å². The first-order valence-corrected chi connectivity index (χ1v) is 14.8. The van der Waals surface area contributed by atoms with Crippen molar-refractivity contribution in [1.29, 1.82) is 0 Å². The highest BCUT2D eigenvalue weighted by molar-refractivity contribution is 6.05. The maximum Gasteiger partial charge on any atom is 0.354 e. The molecule has 0 bridgehead atoms. The van der Waals surface area contributed by atoms with Crippen LogP contribution in [0.15, 0.2) is 72.9 Å². The van der Waals surface area contributed by atoms with Crippen LogP contribution in [0.3, 0.4) is 0 Å². The summed E-state index contributed by atoms with van der Waals surface area (Å²) in [6.07, 6.45) is 3.26. The van der Waals surface area contributed by atoms with Crippen molar-refractivity contribution < 1.29 is 24.3 Å². The van der Waals surface area contributed by atoms with Crippen LogP contribution in [0.25, 0.3) is 33.0 Å². The number of carboxylic acid groups (broad SMARTS) is 1. The molecule has 6 aromatic rings. The van der Waals surface area contributed by atoms with Crippen LogP contribution in [0.1, 0.15) is 54.8 Å². The molecular formula is C33H28N8O5. The Morgan fingerprint density at radius 3 is 1.96 bits per heavy atom. The second-order valence-electron chi connectivity index (χ2n) is 11.0. The molecule has 4 N–H and O–H groups in total. The van der Waals surface area contributed by atoms with E-state index in [2.05, 4.69) is 30.9 Å². The normalized spacial score (nSPS) is 14.3. The molecule has 46 heavy (non-hydrogen) atoms. The van der Waals surface area contributed by atoms with E-state index in [1.54, 1.807) is 29.0 Å². The molecule has 1 aromatic carbocycles. The highest BCUT2D eigenvalue weighted by Crippen LogP contribution is 2.23. The lowest BCUT2D eigenvalue weighted by Gasteiger charge is -2.07. The molecule has 13 nitrogen and oxygen atoms in total. The summed E-state index contributed by atoms with van der Waals surface area (Å²) in [5, 5.41) is 20.0. The second-order valence-corrected chi connectivity index (χ2v) is 11.0. The summed E-state index contributed by atoms with van der Waals surface area (Å²) in [6.45, 7) is 2.61. The molecule has 0 atom stereocenters. The Balaban J connectivity index is 0.000000162. The Kier molecular flexibility index (Phi) is 7.33. The van der Waals surface area contributed by atoms with E-state index in [1.165, 1.54) is 6.07 Å². The molecule has 0 aliphatic carbocycles. The van der Waals surface area contributed by atoms with Gasteiger partial charge in [0.15, 0.2) is 5.69 Å². The molecular weight excluding hydrogens is 588 g/mol. The Bertz CT molecular complexity index is 2200. The smallest absolute Gasteiger partial charge is 0.354 e. The molecule has 0 spiro atoms. The van der Waals surface area contributed by atoms with Crippen LogP contribution in [-0.4, -0.2) is 66.0 Å². The number of hydrogen-bond acceptors (Lipinski definition) is 7. The van der Waals surface area contributed by atoms with Gasteiger partial charge in [0.05, 0.1) is 17.4 Å². The largest absolute Gasteiger partial charge is 0.477 e. The van der Waals surface area contributed by atoms with Gasteiger partial charge in [-0.1, -0.05) is 18.2 Å². The standard InChI is InChI=1S/C21H17N5O2.C12H11N3O3/c27-20(24-15-10-13-4-1-2-5-16(13)23-12-15)17-7-6-14-11-18-21(28)22-8-3-9-26(18)19(14)25-17;16-11-9-6-7-2-3-8(12(17)18)14-10(7)15(9)5-1-4-13-11/h1-2,4-7,10-12H,3,8-9H2,(H,22,28)(H,24,27);2-3,6H,1,4-5H2,(H,13,16)(H,17,18). The molecule has 8 rings (SSSR count). The molecule has 0 saturated carbocycles. The fourth-order valence-corrected chi connectivity index (χ4v) is 5.72. The number of nitrogens with zero attached hydrogens (tertiary/aromatic N) is 5. The predicted octanol–water partition coefficient (Wildman–Crippen LogP) is 3.84. The van der Waals surface area contributed by atoms with Crippen molar-refractivity contribution in [3.05, 3.63) is 95.7 Å². The number of carbonyl (C=O) groups is 4. The summed E-state index contributed by atoms with van der Waals surface area (Å²) in [7, 11) is 0. The lowest BCUT2D eigenvalue weighted by molar-refractivity contribution is 0.0690. The zero-order valence-corrected chi connectivity index (χ0v) is 24.5. The van der Waals surface area contributed by atoms with E-state index in [0.29, 0.717) is 60.2 Å². The molecule has 0 radical (unpaired) electrons. The summed E-state index contributed by atoms with van der Waals surface area (Å²) < 4.78 is 3.66. The Morgan fingerprint density at radius 2 is 1.33 bits per heavy atom. The molecule has 0 unspecified atom stereocenters. The molecule has 230 valence electrons. The van der Waals surface area contributed by atoms with E-state index in [0.717, 1.165) is 34.5 Å². The molecule has 7 heterocycles. The van der Waals surface area contributed by atoms with Gasteiger partial charge in [0, 0.05) is 42.3 Å². The van der Waals surface area contributed by atoms with Crippen LogP contribution in [0.5, 0.6) is 0 Å². The van der Waals surface area contributed by atoms with Crippen LogP contribution in [0.2, 0.25) is 0 Å². The summed E-state index contributed by atoms with van der Waals surface area (Å²) in [4.78, 5) is 60.7. The Labute approximate surface area is 261 Å². The minimum Gasteiger partial charge on any atom is -0.477 e. The number of rotatable bonds is 3. The first-order valence-electron chi connectivity index (χ1n) is 14.8. The van der Waals surface area contributed by atoms with Gasteiger partial charge in [-0.3, -0.25) is 19.4 Å². The average molecular weight is 617 g/mol. The van der Waals surface area contributed by atoms with Crippen molar-refractivity contribution in [2.24, 2.45) is 0 Å². The van der Waals surface area contributed by atoms with E-state index in [4.69, 9.17) is 5.11 Å². The van der Waals surface area contributed by atoms with Gasteiger partial charge in [0.25, 0.3) is 17.7 Å². The SMILES string of the molecule is O=C(Nc1cnc2ccccc2c1)c1ccc2cc3n(c2n1)CCCNC3=O.O=C(O)c1ccc2cc3n(c2n1)CCCNC3=O. The third kappa shape index (κ3) is 5.38. The molecule has 2 aliphatic rings. The van der Waals surface area contributed by atoms with E-state index in [9.17, 15) is 19.2 Å². The van der Waals surface area contributed by atoms with Crippen molar-refractivity contribution in [3.8, 4) is 0 Å². The van der Waals surface area contributed by atoms with Crippen LogP contribution in [0, 0.1) is 0 Å². The molecule has 0 fully saturated rings. The quantitative estimate of drug-likeness (QED) is 0.232. The molecule has 2 aliphatic heterocycles. The number of para-hydroxylation sites is 1. The fraction of sp³-hybridized carbons (Fsp3) is 0.182. The lowest BCUT2D eigenvalue weighted by atomic mass is 10.2. The Hall–Kier alpha value is -6.11. The minimum absolute atomic E-state index is 0.00643. The van der Waals surface area contributed by atoms with E-state index >= 15 is 0 Å². The number of aromatic nitrogens is 5. The van der Waals surface area contributed by atoms with Gasteiger partial charge in [-0.15, -0.1) is 0 Å². The van der Waals surface area contributed by atoms with E-state index < -0.39 is 5.97 Å². The number of aryl methyl sites for hydroxylation is 2. The number of fused-ring (bicyclic) bond motifs is 7. The van der Waals surface area contributed by atoms with Gasteiger partial charge < -0.3 is 30.2 Å². The first-order chi connectivity index (χ1) is 22.4. The minimum atomic E-state index is -1.06. The summed E-state index contributed by atoms with van der Waals surface area (Å²) >= 11 is 0. The van der Waals surface area contributed by atoms with Crippen LogP contribution < -0.4 is 16.0 Å². The van der Waals surface area contributed by atoms with Gasteiger partial charge >= 0.3 is 5.97 Å². The zero-order chi connectivity index (χ0) is 31.8. The number of benzene rings is 1. The van der Waals surface area contributed by atoms with Gasteiger partial charge in [-0.25, -0.2) is 14.8 Å². The van der Waals surface area contributed by atoms with Crippen molar-refractivity contribution >= 4 is 62.3 Å². The number of amides is 3. The number of anilines is 1. The molecule has 0 saturated heterocycles. The number of carboxylic acids is 1. The highest BCUT2D eigenvalue weighted by atomic mass is 16.4. The van der Waals surface area contributed by atoms with Crippen molar-refractivity contribution in [2.45, 2.75) is 25.9 Å². The lowest BCUT2D eigenvalue weighted by Crippen LogP contribution is -2.22. The number of pyridine rings is 3. The summed E-state index contributed by atoms with van der Waals surface area (Å²) in [5.74, 6) is -1.62. The van der Waals surface area contributed by atoms with Crippen molar-refractivity contribution in [2.75, 3.05) is 18.4 Å². The highest BCUT2D eigenvalue weighted by Gasteiger charge is 2.21. The number of nitrogens with one attached hydrogen (secondary N) is 3. The third-order valence-corrected chi connectivity index (χ3v) is 7.94. The monoisotopic (exact) mass is 616 g/mol. The maximum atomic E-state index is 12.7. The van der Waals surface area contributed by atoms with E-state index in [1.807, 2.05) is 47.0 Å². The van der Waals surface area contributed by atoms with Crippen molar-refractivity contribution in [3.63, 3.8) is 0 Å². The Morgan fingerprint density at radius 1 is 0.739 bits per heavy atom. The number of aromatic carboxylic acids is 1. The average Bonchev–Trinajstić information content (AvgIpc) is 3.49. The van der Waals surface area contributed by atoms with Crippen LogP contribution in [-0.2, 0) is 13.1 Å². The van der Waals surface area contributed by atoms with Gasteiger partial charge in [0.1, 0.15) is 28.4 Å². The van der Waals surface area contributed by atoms with Gasteiger partial charge in [0.2, 0.25) is 0 Å². The summed E-state index contributed by atoms with van der Waals surface area (Å²) in [6, 6.07) is 19.8.